The highest BCUT2D eigenvalue weighted by Gasteiger charge is 2.15. The van der Waals surface area contributed by atoms with Crippen LogP contribution in [0.4, 0.5) is 0 Å². The monoisotopic (exact) mass is 342 g/mol. The van der Waals surface area contributed by atoms with Gasteiger partial charge in [0.05, 0.1) is 0 Å². The van der Waals surface area contributed by atoms with Crippen LogP contribution in [0.15, 0.2) is 91.0 Å². The zero-order valence-electron chi connectivity index (χ0n) is 14.9. The Bertz CT molecular complexity index is 1390. The summed E-state index contributed by atoms with van der Waals surface area (Å²) in [6, 6.07) is 30.9. The van der Waals surface area contributed by atoms with E-state index in [4.69, 9.17) is 0 Å². The summed E-state index contributed by atoms with van der Waals surface area (Å²) in [5.41, 5.74) is 2.72. The molecule has 1 atom stereocenters. The summed E-state index contributed by atoms with van der Waals surface area (Å²) in [5.74, 6) is 0.295. The number of hydrogen-bond acceptors (Lipinski definition) is 0. The molecule has 1 aliphatic rings. The van der Waals surface area contributed by atoms with Crippen molar-refractivity contribution >= 4 is 44.5 Å². The van der Waals surface area contributed by atoms with Crippen molar-refractivity contribution in [2.75, 3.05) is 0 Å². The topological polar surface area (TPSA) is 0 Å². The maximum atomic E-state index is 2.42. The van der Waals surface area contributed by atoms with Crippen LogP contribution in [0.2, 0.25) is 0 Å². The molecule has 6 rings (SSSR count). The van der Waals surface area contributed by atoms with E-state index in [0.717, 1.165) is 0 Å². The van der Waals surface area contributed by atoms with Crippen molar-refractivity contribution in [3.05, 3.63) is 107 Å². The number of benzene rings is 5. The lowest BCUT2D eigenvalue weighted by Crippen LogP contribution is -2.07. The summed E-state index contributed by atoms with van der Waals surface area (Å²) < 4.78 is 0. The first-order valence-corrected chi connectivity index (χ1v) is 9.50. The molecule has 0 nitrogen and oxygen atoms in total. The minimum Gasteiger partial charge on any atom is -0.0726 e. The van der Waals surface area contributed by atoms with Gasteiger partial charge in [0.15, 0.2) is 0 Å². The van der Waals surface area contributed by atoms with Gasteiger partial charge in [-0.1, -0.05) is 103 Å². The SMILES string of the molecule is C1=CC(C=c2ccc3cccc4cccc2c43)c2cccc3cccc1c23. The average Bonchev–Trinajstić information content (AvgIpc) is 2.72. The van der Waals surface area contributed by atoms with Gasteiger partial charge in [0, 0.05) is 5.92 Å². The molecule has 1 unspecified atom stereocenters. The number of allylic oxidation sites excluding steroid dienone is 1. The van der Waals surface area contributed by atoms with Gasteiger partial charge >= 0.3 is 0 Å². The highest BCUT2D eigenvalue weighted by Crippen LogP contribution is 2.35. The largest absolute Gasteiger partial charge is 0.0726 e. The summed E-state index contributed by atoms with van der Waals surface area (Å²) in [6.07, 6.45) is 7.03. The smallest absolute Gasteiger partial charge is 0.0217 e. The maximum absolute atomic E-state index is 2.42. The van der Waals surface area contributed by atoms with Gasteiger partial charge in [0.25, 0.3) is 0 Å². The Kier molecular flexibility index (Phi) is 3.04. The van der Waals surface area contributed by atoms with E-state index in [1.807, 2.05) is 0 Å². The molecule has 0 bridgehead atoms. The van der Waals surface area contributed by atoms with E-state index >= 15 is 0 Å². The van der Waals surface area contributed by atoms with Crippen LogP contribution < -0.4 is 5.22 Å². The van der Waals surface area contributed by atoms with Crippen LogP contribution in [0.3, 0.4) is 0 Å². The highest BCUT2D eigenvalue weighted by atomic mass is 14.2. The summed E-state index contributed by atoms with van der Waals surface area (Å²) in [4.78, 5) is 0. The molecule has 0 saturated heterocycles. The molecule has 27 heavy (non-hydrogen) atoms. The molecule has 5 aromatic rings. The second kappa shape index (κ2) is 5.56. The van der Waals surface area contributed by atoms with Gasteiger partial charge in [0.1, 0.15) is 0 Å². The Hall–Kier alpha value is -3.38. The minimum atomic E-state index is 0.295. The van der Waals surface area contributed by atoms with Gasteiger partial charge in [-0.05, 0) is 48.7 Å². The van der Waals surface area contributed by atoms with Crippen LogP contribution >= 0.6 is 0 Å². The fraction of sp³-hybridized carbons (Fsp3) is 0.0370. The first-order valence-electron chi connectivity index (χ1n) is 9.50. The third-order valence-corrected chi connectivity index (χ3v) is 5.86. The first kappa shape index (κ1) is 14.8. The lowest BCUT2D eigenvalue weighted by molar-refractivity contribution is 1.16. The van der Waals surface area contributed by atoms with Crippen molar-refractivity contribution in [1.29, 1.82) is 0 Å². The van der Waals surface area contributed by atoms with Crippen LogP contribution in [0, 0.1) is 0 Å². The van der Waals surface area contributed by atoms with Gasteiger partial charge in [-0.25, -0.2) is 0 Å². The molecule has 0 aliphatic heterocycles. The molecule has 0 saturated carbocycles. The highest BCUT2D eigenvalue weighted by molar-refractivity contribution is 6.10. The van der Waals surface area contributed by atoms with E-state index in [-0.39, 0.29) is 0 Å². The van der Waals surface area contributed by atoms with Crippen LogP contribution in [-0.2, 0) is 0 Å². The summed E-state index contributed by atoms with van der Waals surface area (Å²) in [5, 5.41) is 9.36. The predicted molar refractivity (Wildman–Crippen MR) is 117 cm³/mol. The predicted octanol–water partition coefficient (Wildman–Crippen LogP) is 6.46. The van der Waals surface area contributed by atoms with E-state index in [1.165, 1.54) is 48.7 Å². The molecular formula is C27H18. The summed E-state index contributed by atoms with van der Waals surface area (Å²) in [7, 11) is 0. The third-order valence-electron chi connectivity index (χ3n) is 5.86. The Balaban J connectivity index is 1.64. The van der Waals surface area contributed by atoms with E-state index in [1.54, 1.807) is 0 Å². The Morgan fingerprint density at radius 2 is 1.26 bits per heavy atom. The van der Waals surface area contributed by atoms with Gasteiger partial charge in [-0.2, -0.15) is 0 Å². The van der Waals surface area contributed by atoms with Crippen molar-refractivity contribution in [2.45, 2.75) is 5.92 Å². The van der Waals surface area contributed by atoms with Crippen LogP contribution in [0.1, 0.15) is 17.0 Å². The van der Waals surface area contributed by atoms with Crippen LogP contribution in [-0.4, -0.2) is 0 Å². The number of hydrogen-bond donors (Lipinski definition) is 0. The Labute approximate surface area is 158 Å². The standard InChI is InChI=1S/C27H18/c1-5-18-9-3-11-24-22(15-13-20(7-1)26(18)24)17-23-16-14-21-8-2-6-19-10-4-12-25(23)27(19)21/h1-17,22H. The second-order valence-electron chi connectivity index (χ2n) is 7.38. The van der Waals surface area contributed by atoms with E-state index < -0.39 is 0 Å². The quantitative estimate of drug-likeness (QED) is 0.328. The van der Waals surface area contributed by atoms with E-state index in [9.17, 15) is 0 Å². The molecule has 0 heteroatoms. The molecule has 0 fully saturated rings. The first-order chi connectivity index (χ1) is 13.4. The lowest BCUT2D eigenvalue weighted by atomic mass is 9.85. The van der Waals surface area contributed by atoms with E-state index in [0.29, 0.717) is 5.92 Å². The molecule has 0 aromatic heterocycles. The molecular weight excluding hydrogens is 324 g/mol. The number of rotatable bonds is 1. The van der Waals surface area contributed by atoms with Crippen molar-refractivity contribution < 1.29 is 0 Å². The zero-order valence-corrected chi connectivity index (χ0v) is 14.9. The van der Waals surface area contributed by atoms with Crippen LogP contribution in [0.25, 0.3) is 44.5 Å². The minimum absolute atomic E-state index is 0.295. The van der Waals surface area contributed by atoms with Crippen molar-refractivity contribution in [3.8, 4) is 0 Å². The van der Waals surface area contributed by atoms with Crippen LogP contribution in [0.5, 0.6) is 0 Å². The summed E-state index contributed by atoms with van der Waals surface area (Å²) in [6.45, 7) is 0. The van der Waals surface area contributed by atoms with Gasteiger partial charge in [-0.15, -0.1) is 0 Å². The zero-order chi connectivity index (χ0) is 17.8. The Morgan fingerprint density at radius 1 is 0.593 bits per heavy atom. The normalized spacial score (nSPS) is 16.6. The van der Waals surface area contributed by atoms with E-state index in [2.05, 4.69) is 103 Å². The second-order valence-corrected chi connectivity index (χ2v) is 7.38. The third kappa shape index (κ3) is 2.17. The molecule has 126 valence electrons. The van der Waals surface area contributed by atoms with Gasteiger partial charge in [-0.3, -0.25) is 0 Å². The fourth-order valence-corrected chi connectivity index (χ4v) is 4.63. The molecule has 0 N–H and O–H groups in total. The average molecular weight is 342 g/mol. The maximum Gasteiger partial charge on any atom is 0.0217 e. The lowest BCUT2D eigenvalue weighted by Gasteiger charge is -2.19. The van der Waals surface area contributed by atoms with Gasteiger partial charge in [0.2, 0.25) is 0 Å². The molecule has 5 aromatic carbocycles. The molecule has 0 radical (unpaired) electrons. The van der Waals surface area contributed by atoms with Gasteiger partial charge < -0.3 is 0 Å². The molecule has 0 heterocycles. The molecule has 0 amide bonds. The van der Waals surface area contributed by atoms with Crippen molar-refractivity contribution in [2.24, 2.45) is 0 Å². The summed E-state index contributed by atoms with van der Waals surface area (Å²) >= 11 is 0. The fourth-order valence-electron chi connectivity index (χ4n) is 4.63. The molecule has 1 aliphatic carbocycles. The van der Waals surface area contributed by atoms with Crippen molar-refractivity contribution in [3.63, 3.8) is 0 Å². The Morgan fingerprint density at radius 3 is 2.11 bits per heavy atom. The van der Waals surface area contributed by atoms with Crippen molar-refractivity contribution in [1.82, 2.24) is 0 Å². The molecule has 0 spiro atoms.